The molecule has 0 unspecified atom stereocenters. The van der Waals surface area contributed by atoms with Crippen LogP contribution < -0.4 is 5.73 Å². The van der Waals surface area contributed by atoms with Crippen LogP contribution in [0.4, 0.5) is 0 Å². The minimum Gasteiger partial charge on any atom is -0.478 e. The van der Waals surface area contributed by atoms with Crippen molar-refractivity contribution < 1.29 is 14.7 Å². The summed E-state index contributed by atoms with van der Waals surface area (Å²) in [5.74, 6) is -1.65. The van der Waals surface area contributed by atoms with Crippen LogP contribution in [-0.2, 0) is 4.79 Å². The zero-order valence-electron chi connectivity index (χ0n) is 7.18. The lowest BCUT2D eigenvalue weighted by atomic mass is 10.2. The van der Waals surface area contributed by atoms with E-state index < -0.39 is 11.9 Å². The Labute approximate surface area is 79.9 Å². The van der Waals surface area contributed by atoms with Gasteiger partial charge in [0.15, 0.2) is 0 Å². The van der Waals surface area contributed by atoms with Crippen molar-refractivity contribution in [2.24, 2.45) is 5.73 Å². The van der Waals surface area contributed by atoms with E-state index in [1.165, 1.54) is 18.3 Å². The number of carbonyl (C=O) groups excluding carboxylic acids is 1. The molecule has 5 nitrogen and oxygen atoms in total. The maximum atomic E-state index is 10.6. The second-order valence-corrected chi connectivity index (χ2v) is 2.51. The summed E-state index contributed by atoms with van der Waals surface area (Å²) in [7, 11) is 0. The second kappa shape index (κ2) is 4.18. The van der Waals surface area contributed by atoms with Crippen LogP contribution in [0.15, 0.2) is 24.4 Å². The molecule has 1 heterocycles. The fourth-order valence-electron chi connectivity index (χ4n) is 0.817. The summed E-state index contributed by atoms with van der Waals surface area (Å²) in [6.07, 6.45) is 3.74. The highest BCUT2D eigenvalue weighted by Crippen LogP contribution is 2.01. The third-order valence-electron chi connectivity index (χ3n) is 1.46. The Morgan fingerprint density at radius 3 is 2.57 bits per heavy atom. The van der Waals surface area contributed by atoms with E-state index in [0.717, 1.165) is 6.08 Å². The largest absolute Gasteiger partial charge is 0.478 e. The predicted molar refractivity (Wildman–Crippen MR) is 49.4 cm³/mol. The highest BCUT2D eigenvalue weighted by molar-refractivity contribution is 5.91. The van der Waals surface area contributed by atoms with Gasteiger partial charge in [-0.15, -0.1) is 0 Å². The number of amides is 1. The third kappa shape index (κ3) is 2.71. The van der Waals surface area contributed by atoms with E-state index in [1.807, 2.05) is 0 Å². The van der Waals surface area contributed by atoms with Crippen LogP contribution in [0, 0.1) is 0 Å². The van der Waals surface area contributed by atoms with Gasteiger partial charge in [0.2, 0.25) is 0 Å². The summed E-state index contributed by atoms with van der Waals surface area (Å²) in [6.45, 7) is 0. The van der Waals surface area contributed by atoms with Crippen LogP contribution in [-0.4, -0.2) is 22.0 Å². The van der Waals surface area contributed by atoms with Crippen molar-refractivity contribution in [3.63, 3.8) is 0 Å². The van der Waals surface area contributed by atoms with E-state index in [4.69, 9.17) is 10.8 Å². The number of nitrogens with two attached hydrogens (primary N) is 1. The number of hydrogen-bond acceptors (Lipinski definition) is 3. The Balaban J connectivity index is 2.83. The number of hydrogen-bond donors (Lipinski definition) is 2. The lowest BCUT2D eigenvalue weighted by Crippen LogP contribution is -2.12. The van der Waals surface area contributed by atoms with Crippen LogP contribution in [0.25, 0.3) is 6.08 Å². The van der Waals surface area contributed by atoms with Crippen molar-refractivity contribution >= 4 is 18.0 Å². The smallest absolute Gasteiger partial charge is 0.328 e. The van der Waals surface area contributed by atoms with Gasteiger partial charge in [-0.25, -0.2) is 4.79 Å². The van der Waals surface area contributed by atoms with Crippen molar-refractivity contribution in [3.05, 3.63) is 35.7 Å². The molecule has 0 aliphatic rings. The number of pyridine rings is 1. The standard InChI is InChI=1S/C9H8N2O3/c10-9(14)7-3-1-6(5-11-7)2-4-8(12)13/h1-5H,(H2,10,14)(H,12,13)/b4-2+. The summed E-state index contributed by atoms with van der Waals surface area (Å²) in [5.41, 5.74) is 5.72. The number of carboxylic acid groups (broad SMARTS) is 1. The van der Waals surface area contributed by atoms with E-state index in [-0.39, 0.29) is 5.69 Å². The lowest BCUT2D eigenvalue weighted by molar-refractivity contribution is -0.131. The molecule has 0 radical (unpaired) electrons. The summed E-state index contributed by atoms with van der Waals surface area (Å²) >= 11 is 0. The molecule has 0 saturated heterocycles. The fraction of sp³-hybridized carbons (Fsp3) is 0. The van der Waals surface area contributed by atoms with Gasteiger partial charge < -0.3 is 10.8 Å². The first-order valence-electron chi connectivity index (χ1n) is 3.76. The van der Waals surface area contributed by atoms with E-state index in [1.54, 1.807) is 6.07 Å². The highest BCUT2D eigenvalue weighted by Gasteiger charge is 1.99. The predicted octanol–water partition coefficient (Wildman–Crippen LogP) is 0.278. The summed E-state index contributed by atoms with van der Waals surface area (Å²) < 4.78 is 0. The molecule has 0 saturated carbocycles. The first-order chi connectivity index (χ1) is 6.59. The zero-order chi connectivity index (χ0) is 10.6. The number of carbonyl (C=O) groups is 2. The topological polar surface area (TPSA) is 93.3 Å². The van der Waals surface area contributed by atoms with E-state index in [0.29, 0.717) is 5.56 Å². The molecule has 0 aliphatic heterocycles. The Hall–Kier alpha value is -2.17. The van der Waals surface area contributed by atoms with Crippen molar-refractivity contribution in [1.29, 1.82) is 0 Å². The molecule has 5 heteroatoms. The van der Waals surface area contributed by atoms with Crippen molar-refractivity contribution in [3.8, 4) is 0 Å². The lowest BCUT2D eigenvalue weighted by Gasteiger charge is -1.94. The highest BCUT2D eigenvalue weighted by atomic mass is 16.4. The van der Waals surface area contributed by atoms with Gasteiger partial charge in [-0.2, -0.15) is 0 Å². The van der Waals surface area contributed by atoms with Gasteiger partial charge >= 0.3 is 5.97 Å². The minimum absolute atomic E-state index is 0.150. The second-order valence-electron chi connectivity index (χ2n) is 2.51. The van der Waals surface area contributed by atoms with Crippen molar-refractivity contribution in [2.45, 2.75) is 0 Å². The third-order valence-corrected chi connectivity index (χ3v) is 1.46. The summed E-state index contributed by atoms with van der Waals surface area (Å²) in [4.78, 5) is 24.5. The number of carboxylic acids is 1. The molecule has 14 heavy (non-hydrogen) atoms. The van der Waals surface area contributed by atoms with Crippen molar-refractivity contribution in [2.75, 3.05) is 0 Å². The molecule has 0 aromatic carbocycles. The van der Waals surface area contributed by atoms with Gasteiger partial charge in [0.25, 0.3) is 5.91 Å². The minimum atomic E-state index is -1.04. The maximum Gasteiger partial charge on any atom is 0.328 e. The number of rotatable bonds is 3. The van der Waals surface area contributed by atoms with Gasteiger partial charge in [0.05, 0.1) is 0 Å². The molecule has 1 aromatic heterocycles. The number of aliphatic carboxylic acids is 1. The molecule has 0 aliphatic carbocycles. The van der Waals surface area contributed by atoms with Crippen LogP contribution >= 0.6 is 0 Å². The molecule has 0 atom stereocenters. The molecule has 72 valence electrons. The fourth-order valence-corrected chi connectivity index (χ4v) is 0.817. The molecule has 0 bridgehead atoms. The SMILES string of the molecule is NC(=O)c1ccc(/C=C/C(=O)O)cn1. The van der Waals surface area contributed by atoms with Gasteiger partial charge in [0, 0.05) is 12.3 Å². The first-order valence-corrected chi connectivity index (χ1v) is 3.76. The Morgan fingerprint density at radius 2 is 2.14 bits per heavy atom. The number of aromatic nitrogens is 1. The van der Waals surface area contributed by atoms with Gasteiger partial charge in [-0.05, 0) is 17.7 Å². The van der Waals surface area contributed by atoms with E-state index in [2.05, 4.69) is 4.98 Å². The molecule has 1 aromatic rings. The average molecular weight is 192 g/mol. The normalized spacial score (nSPS) is 10.3. The van der Waals surface area contributed by atoms with E-state index >= 15 is 0 Å². The Kier molecular flexibility index (Phi) is 2.96. The van der Waals surface area contributed by atoms with Gasteiger partial charge in [0.1, 0.15) is 5.69 Å². The average Bonchev–Trinajstić information content (AvgIpc) is 2.15. The van der Waals surface area contributed by atoms with Crippen LogP contribution in [0.3, 0.4) is 0 Å². The number of nitrogens with zero attached hydrogens (tertiary/aromatic N) is 1. The molecule has 0 spiro atoms. The van der Waals surface area contributed by atoms with Crippen molar-refractivity contribution in [1.82, 2.24) is 4.98 Å². The maximum absolute atomic E-state index is 10.6. The zero-order valence-corrected chi connectivity index (χ0v) is 7.18. The summed E-state index contributed by atoms with van der Waals surface area (Å²) in [5, 5.41) is 8.34. The van der Waals surface area contributed by atoms with E-state index in [9.17, 15) is 9.59 Å². The van der Waals surface area contributed by atoms with Gasteiger partial charge in [-0.1, -0.05) is 6.07 Å². The molecular weight excluding hydrogens is 184 g/mol. The molecule has 1 rings (SSSR count). The quantitative estimate of drug-likeness (QED) is 0.672. The monoisotopic (exact) mass is 192 g/mol. The first kappa shape index (κ1) is 9.91. The molecule has 0 fully saturated rings. The van der Waals surface area contributed by atoms with Crippen LogP contribution in [0.1, 0.15) is 16.1 Å². The van der Waals surface area contributed by atoms with Gasteiger partial charge in [-0.3, -0.25) is 9.78 Å². The summed E-state index contributed by atoms with van der Waals surface area (Å²) in [6, 6.07) is 3.00. The Morgan fingerprint density at radius 1 is 1.43 bits per heavy atom. The Bertz CT molecular complexity index is 382. The molecule has 1 amide bonds. The van der Waals surface area contributed by atoms with Crippen LogP contribution in [0.5, 0.6) is 0 Å². The number of primary amides is 1. The molecular formula is C9H8N2O3. The van der Waals surface area contributed by atoms with Crippen LogP contribution in [0.2, 0.25) is 0 Å². The molecule has 3 N–H and O–H groups in total.